The van der Waals surface area contributed by atoms with Gasteiger partial charge in [0.1, 0.15) is 12.3 Å². The molecule has 0 fully saturated rings. The smallest absolute Gasteiger partial charge is 0.321 e. The van der Waals surface area contributed by atoms with Gasteiger partial charge in [-0.15, -0.1) is 0 Å². The van der Waals surface area contributed by atoms with E-state index in [2.05, 4.69) is 5.32 Å². The lowest BCUT2D eigenvalue weighted by atomic mass is 10.0. The van der Waals surface area contributed by atoms with Gasteiger partial charge in [-0.25, -0.2) is 0 Å². The summed E-state index contributed by atoms with van der Waals surface area (Å²) >= 11 is 0. The summed E-state index contributed by atoms with van der Waals surface area (Å²) in [5.41, 5.74) is 1.92. The van der Waals surface area contributed by atoms with Crippen molar-refractivity contribution < 1.29 is 14.7 Å². The summed E-state index contributed by atoms with van der Waals surface area (Å²) in [4.78, 5) is 22.7. The first kappa shape index (κ1) is 15.9. The molecule has 0 bridgehead atoms. The Balaban J connectivity index is 2.02. The van der Waals surface area contributed by atoms with E-state index < -0.39 is 18.1 Å². The molecule has 2 aromatic carbocycles. The van der Waals surface area contributed by atoms with Gasteiger partial charge in [-0.3, -0.25) is 10.1 Å². The number of hydrogen-bond acceptors (Lipinski definition) is 3. The molecule has 0 radical (unpaired) electrons. The Bertz CT molecular complexity index is 598. The van der Waals surface area contributed by atoms with Crippen molar-refractivity contribution >= 4 is 12.3 Å². The van der Waals surface area contributed by atoms with E-state index in [4.69, 9.17) is 0 Å². The second-order valence-corrected chi connectivity index (χ2v) is 5.18. The van der Waals surface area contributed by atoms with E-state index >= 15 is 0 Å². The van der Waals surface area contributed by atoms with Gasteiger partial charge in [0.05, 0.1) is 6.04 Å². The highest BCUT2D eigenvalue weighted by Gasteiger charge is 2.21. The van der Waals surface area contributed by atoms with Crippen molar-refractivity contribution in [1.82, 2.24) is 5.32 Å². The predicted octanol–water partition coefficient (Wildman–Crippen LogP) is 2.08. The molecule has 2 rings (SSSR count). The van der Waals surface area contributed by atoms with Gasteiger partial charge in [0, 0.05) is 0 Å². The van der Waals surface area contributed by atoms with E-state index in [1.54, 1.807) is 0 Å². The summed E-state index contributed by atoms with van der Waals surface area (Å²) in [5.74, 6) is -0.955. The number of aldehydes is 1. The van der Waals surface area contributed by atoms with Crippen LogP contribution in [0.5, 0.6) is 0 Å². The summed E-state index contributed by atoms with van der Waals surface area (Å²) in [6, 6.07) is 17.6. The van der Waals surface area contributed by atoms with Crippen molar-refractivity contribution in [3.05, 3.63) is 71.8 Å². The Morgan fingerprint density at radius 2 is 1.45 bits per heavy atom. The number of benzene rings is 2. The molecule has 1 unspecified atom stereocenters. The molecule has 0 heterocycles. The maximum atomic E-state index is 11.4. The third-order valence-electron chi connectivity index (χ3n) is 3.46. The highest BCUT2D eigenvalue weighted by molar-refractivity contribution is 5.75. The SMILES string of the molecule is O=C[C@H](Cc1ccccc1)NC(Cc1ccccc1)C(=O)O. The van der Waals surface area contributed by atoms with Crippen LogP contribution in [0.4, 0.5) is 0 Å². The van der Waals surface area contributed by atoms with E-state index in [9.17, 15) is 14.7 Å². The van der Waals surface area contributed by atoms with Crippen LogP contribution in [0, 0.1) is 0 Å². The van der Waals surface area contributed by atoms with Crippen molar-refractivity contribution in [2.24, 2.45) is 0 Å². The maximum Gasteiger partial charge on any atom is 0.321 e. The van der Waals surface area contributed by atoms with Crippen molar-refractivity contribution in [1.29, 1.82) is 0 Å². The first-order valence-corrected chi connectivity index (χ1v) is 7.21. The Labute approximate surface area is 129 Å². The minimum absolute atomic E-state index is 0.343. The Kier molecular flexibility index (Phi) is 5.86. The fourth-order valence-electron chi connectivity index (χ4n) is 2.34. The highest BCUT2D eigenvalue weighted by atomic mass is 16.4. The molecule has 0 aliphatic rings. The molecular formula is C18H19NO3. The van der Waals surface area contributed by atoms with E-state index in [1.807, 2.05) is 60.7 Å². The molecule has 22 heavy (non-hydrogen) atoms. The maximum absolute atomic E-state index is 11.4. The Hall–Kier alpha value is -2.46. The van der Waals surface area contributed by atoms with E-state index in [-0.39, 0.29) is 0 Å². The molecule has 0 aliphatic heterocycles. The lowest BCUT2D eigenvalue weighted by Crippen LogP contribution is -2.46. The van der Waals surface area contributed by atoms with Gasteiger partial charge in [-0.2, -0.15) is 0 Å². The van der Waals surface area contributed by atoms with Gasteiger partial charge in [0.25, 0.3) is 0 Å². The highest BCUT2D eigenvalue weighted by Crippen LogP contribution is 2.07. The van der Waals surface area contributed by atoms with Gasteiger partial charge in [-0.05, 0) is 24.0 Å². The van der Waals surface area contributed by atoms with Crippen LogP contribution in [-0.2, 0) is 22.4 Å². The monoisotopic (exact) mass is 297 g/mol. The fourth-order valence-corrected chi connectivity index (χ4v) is 2.34. The Morgan fingerprint density at radius 1 is 0.955 bits per heavy atom. The lowest BCUT2D eigenvalue weighted by Gasteiger charge is -2.19. The summed E-state index contributed by atoms with van der Waals surface area (Å²) in [6.45, 7) is 0. The van der Waals surface area contributed by atoms with Crippen LogP contribution in [0.2, 0.25) is 0 Å². The number of carbonyl (C=O) groups excluding carboxylic acids is 1. The summed E-state index contributed by atoms with van der Waals surface area (Å²) in [5, 5.41) is 12.3. The molecule has 0 saturated carbocycles. The number of carboxylic acid groups (broad SMARTS) is 1. The van der Waals surface area contributed by atoms with Crippen molar-refractivity contribution in [3.8, 4) is 0 Å². The van der Waals surface area contributed by atoms with Gasteiger partial charge >= 0.3 is 5.97 Å². The molecule has 2 atom stereocenters. The molecule has 0 spiro atoms. The summed E-state index contributed by atoms with van der Waals surface area (Å²) in [7, 11) is 0. The van der Waals surface area contributed by atoms with Crippen LogP contribution >= 0.6 is 0 Å². The second-order valence-electron chi connectivity index (χ2n) is 5.18. The molecule has 4 heteroatoms. The number of nitrogens with one attached hydrogen (secondary N) is 1. The van der Waals surface area contributed by atoms with Crippen LogP contribution in [0.25, 0.3) is 0 Å². The van der Waals surface area contributed by atoms with Gasteiger partial charge < -0.3 is 9.90 Å². The average Bonchev–Trinajstić information content (AvgIpc) is 2.55. The first-order chi connectivity index (χ1) is 10.7. The van der Waals surface area contributed by atoms with Gasteiger partial charge in [-0.1, -0.05) is 60.7 Å². The van der Waals surface area contributed by atoms with E-state index in [1.165, 1.54) is 0 Å². The normalized spacial score (nSPS) is 13.3. The zero-order valence-electron chi connectivity index (χ0n) is 12.2. The van der Waals surface area contributed by atoms with Crippen molar-refractivity contribution in [2.75, 3.05) is 0 Å². The largest absolute Gasteiger partial charge is 0.480 e. The van der Waals surface area contributed by atoms with Crippen LogP contribution < -0.4 is 5.32 Å². The van der Waals surface area contributed by atoms with Crippen LogP contribution in [0.3, 0.4) is 0 Å². The Morgan fingerprint density at radius 3 is 1.91 bits per heavy atom. The molecular weight excluding hydrogens is 278 g/mol. The quantitative estimate of drug-likeness (QED) is 0.732. The molecule has 114 valence electrons. The zero-order valence-corrected chi connectivity index (χ0v) is 12.2. The molecule has 0 aromatic heterocycles. The van der Waals surface area contributed by atoms with Crippen LogP contribution in [0.1, 0.15) is 11.1 Å². The number of rotatable bonds is 8. The van der Waals surface area contributed by atoms with E-state index in [0.717, 1.165) is 17.4 Å². The topological polar surface area (TPSA) is 66.4 Å². The fraction of sp³-hybridized carbons (Fsp3) is 0.222. The molecule has 2 aromatic rings. The minimum atomic E-state index is -0.955. The van der Waals surface area contributed by atoms with Gasteiger partial charge in [0.2, 0.25) is 0 Å². The lowest BCUT2D eigenvalue weighted by molar-refractivity contribution is -0.139. The number of aliphatic carboxylic acids is 1. The number of carbonyl (C=O) groups is 2. The first-order valence-electron chi connectivity index (χ1n) is 7.21. The van der Waals surface area contributed by atoms with E-state index in [0.29, 0.717) is 12.8 Å². The molecule has 4 nitrogen and oxygen atoms in total. The van der Waals surface area contributed by atoms with Crippen LogP contribution in [-0.4, -0.2) is 29.4 Å². The van der Waals surface area contributed by atoms with Gasteiger partial charge in [0.15, 0.2) is 0 Å². The van der Waals surface area contributed by atoms with Crippen molar-refractivity contribution in [3.63, 3.8) is 0 Å². The van der Waals surface area contributed by atoms with Crippen molar-refractivity contribution in [2.45, 2.75) is 24.9 Å². The zero-order chi connectivity index (χ0) is 15.8. The number of carboxylic acids is 1. The van der Waals surface area contributed by atoms with Crippen LogP contribution in [0.15, 0.2) is 60.7 Å². The average molecular weight is 297 g/mol. The number of hydrogen-bond donors (Lipinski definition) is 2. The summed E-state index contributed by atoms with van der Waals surface area (Å²) in [6.07, 6.45) is 1.59. The molecule has 2 N–H and O–H groups in total. The molecule has 0 aliphatic carbocycles. The standard InChI is InChI=1S/C18H19NO3/c20-13-16(11-14-7-3-1-4-8-14)19-17(18(21)22)12-15-9-5-2-6-10-15/h1-10,13,16-17,19H,11-12H2,(H,21,22)/t16-,17?/m0/s1. The predicted molar refractivity (Wildman–Crippen MR) is 84.7 cm³/mol. The molecule has 0 amide bonds. The minimum Gasteiger partial charge on any atom is -0.480 e. The second kappa shape index (κ2) is 8.10. The third kappa shape index (κ3) is 4.82. The molecule has 0 saturated heterocycles. The summed E-state index contributed by atoms with van der Waals surface area (Å²) < 4.78 is 0. The third-order valence-corrected chi connectivity index (χ3v) is 3.46.